The van der Waals surface area contributed by atoms with E-state index in [1.807, 2.05) is 0 Å². The first-order chi connectivity index (χ1) is 10.2. The molecule has 1 unspecified atom stereocenters. The molecule has 0 radical (unpaired) electrons. The lowest BCUT2D eigenvalue weighted by Crippen LogP contribution is -2.50. The number of rotatable bonds is 3. The van der Waals surface area contributed by atoms with Crippen molar-refractivity contribution in [3.8, 4) is 0 Å². The van der Waals surface area contributed by atoms with Gasteiger partial charge in [0, 0.05) is 45.1 Å². The SMILES string of the molecule is CN(c1ccccc1CN)C1CCOC2(CCOCC2)C1. The van der Waals surface area contributed by atoms with Crippen LogP contribution in [-0.2, 0) is 16.0 Å². The summed E-state index contributed by atoms with van der Waals surface area (Å²) in [6, 6.07) is 8.96. The smallest absolute Gasteiger partial charge is 0.0745 e. The van der Waals surface area contributed by atoms with E-state index < -0.39 is 0 Å². The fourth-order valence-electron chi connectivity index (χ4n) is 3.65. The van der Waals surface area contributed by atoms with Crippen LogP contribution in [-0.4, -0.2) is 38.5 Å². The van der Waals surface area contributed by atoms with Crippen LogP contribution in [0.25, 0.3) is 0 Å². The Balaban J connectivity index is 1.76. The molecule has 1 atom stereocenters. The average molecular weight is 290 g/mol. The molecule has 2 heterocycles. The van der Waals surface area contributed by atoms with Gasteiger partial charge in [-0.15, -0.1) is 0 Å². The van der Waals surface area contributed by atoms with Gasteiger partial charge in [0.25, 0.3) is 0 Å². The summed E-state index contributed by atoms with van der Waals surface area (Å²) >= 11 is 0. The summed E-state index contributed by atoms with van der Waals surface area (Å²) in [7, 11) is 2.19. The van der Waals surface area contributed by atoms with Gasteiger partial charge < -0.3 is 20.1 Å². The first-order valence-corrected chi connectivity index (χ1v) is 7.97. The Labute approximate surface area is 127 Å². The second-order valence-corrected chi connectivity index (χ2v) is 6.23. The van der Waals surface area contributed by atoms with Crippen molar-refractivity contribution in [2.45, 2.75) is 43.9 Å². The molecule has 2 aliphatic rings. The molecule has 116 valence electrons. The molecular formula is C17H26N2O2. The van der Waals surface area contributed by atoms with Gasteiger partial charge in [0.2, 0.25) is 0 Å². The molecule has 4 nitrogen and oxygen atoms in total. The van der Waals surface area contributed by atoms with Crippen LogP contribution in [0.4, 0.5) is 5.69 Å². The highest BCUT2D eigenvalue weighted by atomic mass is 16.5. The summed E-state index contributed by atoms with van der Waals surface area (Å²) in [4.78, 5) is 2.40. The van der Waals surface area contributed by atoms with Gasteiger partial charge in [0.05, 0.1) is 5.60 Å². The van der Waals surface area contributed by atoms with Crippen molar-refractivity contribution >= 4 is 5.69 Å². The van der Waals surface area contributed by atoms with E-state index in [-0.39, 0.29) is 5.60 Å². The third-order valence-corrected chi connectivity index (χ3v) is 5.01. The van der Waals surface area contributed by atoms with Crippen molar-refractivity contribution in [2.24, 2.45) is 5.73 Å². The van der Waals surface area contributed by atoms with Crippen LogP contribution in [0.15, 0.2) is 24.3 Å². The van der Waals surface area contributed by atoms with Crippen molar-refractivity contribution in [3.05, 3.63) is 29.8 Å². The molecule has 0 aromatic heterocycles. The minimum absolute atomic E-state index is 0.0348. The summed E-state index contributed by atoms with van der Waals surface area (Å²) in [5, 5.41) is 0. The Morgan fingerprint density at radius 2 is 2.00 bits per heavy atom. The minimum Gasteiger partial charge on any atom is -0.381 e. The normalized spacial score (nSPS) is 25.0. The van der Waals surface area contributed by atoms with E-state index in [0.29, 0.717) is 12.6 Å². The summed E-state index contributed by atoms with van der Waals surface area (Å²) in [6.45, 7) is 3.09. The van der Waals surface area contributed by atoms with Gasteiger partial charge in [0.1, 0.15) is 0 Å². The zero-order valence-electron chi connectivity index (χ0n) is 12.9. The highest BCUT2D eigenvalue weighted by Gasteiger charge is 2.40. The van der Waals surface area contributed by atoms with Crippen LogP contribution in [0, 0.1) is 0 Å². The zero-order chi connectivity index (χ0) is 14.7. The molecule has 0 saturated carbocycles. The van der Waals surface area contributed by atoms with Gasteiger partial charge in [0.15, 0.2) is 0 Å². The molecule has 2 aliphatic heterocycles. The lowest BCUT2D eigenvalue weighted by Gasteiger charge is -2.46. The standard InChI is InChI=1S/C17H26N2O2/c1-19(16-5-3-2-4-14(16)13-18)15-6-9-21-17(12-15)7-10-20-11-8-17/h2-5,15H,6-13,18H2,1H3. The van der Waals surface area contributed by atoms with E-state index in [1.54, 1.807) is 0 Å². The van der Waals surface area contributed by atoms with Crippen LogP contribution in [0.2, 0.25) is 0 Å². The number of benzene rings is 1. The highest BCUT2D eigenvalue weighted by molar-refractivity contribution is 5.53. The largest absolute Gasteiger partial charge is 0.381 e. The lowest BCUT2D eigenvalue weighted by atomic mass is 9.83. The number of anilines is 1. The second kappa shape index (κ2) is 6.34. The molecule has 2 fully saturated rings. The van der Waals surface area contributed by atoms with Crippen LogP contribution >= 0.6 is 0 Å². The van der Waals surface area contributed by atoms with Gasteiger partial charge >= 0.3 is 0 Å². The average Bonchev–Trinajstić information content (AvgIpc) is 2.55. The predicted octanol–water partition coefficient (Wildman–Crippen LogP) is 2.31. The number of hydrogen-bond acceptors (Lipinski definition) is 4. The van der Waals surface area contributed by atoms with E-state index in [2.05, 4.69) is 36.2 Å². The quantitative estimate of drug-likeness (QED) is 0.928. The zero-order valence-corrected chi connectivity index (χ0v) is 12.9. The van der Waals surface area contributed by atoms with Crippen LogP contribution in [0.3, 0.4) is 0 Å². The van der Waals surface area contributed by atoms with Crippen LogP contribution in [0.1, 0.15) is 31.2 Å². The first kappa shape index (κ1) is 14.8. The van der Waals surface area contributed by atoms with E-state index in [9.17, 15) is 0 Å². The van der Waals surface area contributed by atoms with Gasteiger partial charge in [-0.1, -0.05) is 18.2 Å². The monoisotopic (exact) mass is 290 g/mol. The molecule has 3 rings (SSSR count). The molecule has 2 N–H and O–H groups in total. The van der Waals surface area contributed by atoms with E-state index in [0.717, 1.165) is 45.5 Å². The molecule has 4 heteroatoms. The molecule has 21 heavy (non-hydrogen) atoms. The fraction of sp³-hybridized carbons (Fsp3) is 0.647. The van der Waals surface area contributed by atoms with Crippen molar-refractivity contribution in [1.29, 1.82) is 0 Å². The van der Waals surface area contributed by atoms with E-state index in [4.69, 9.17) is 15.2 Å². The van der Waals surface area contributed by atoms with Crippen molar-refractivity contribution in [2.75, 3.05) is 31.8 Å². The maximum Gasteiger partial charge on any atom is 0.0745 e. The Morgan fingerprint density at radius 3 is 2.76 bits per heavy atom. The van der Waals surface area contributed by atoms with E-state index >= 15 is 0 Å². The molecule has 0 bridgehead atoms. The number of hydrogen-bond donors (Lipinski definition) is 1. The molecule has 1 aromatic rings. The highest BCUT2D eigenvalue weighted by Crippen LogP contribution is 2.37. The number of nitrogens with two attached hydrogens (primary N) is 1. The first-order valence-electron chi connectivity index (χ1n) is 7.97. The number of nitrogens with zero attached hydrogens (tertiary/aromatic N) is 1. The van der Waals surface area contributed by atoms with Gasteiger partial charge in [-0.2, -0.15) is 0 Å². The summed E-state index contributed by atoms with van der Waals surface area (Å²) in [5.41, 5.74) is 8.39. The van der Waals surface area contributed by atoms with Gasteiger partial charge in [-0.3, -0.25) is 0 Å². The summed E-state index contributed by atoms with van der Waals surface area (Å²) in [5.74, 6) is 0. The Morgan fingerprint density at radius 1 is 1.24 bits per heavy atom. The molecule has 2 saturated heterocycles. The van der Waals surface area contributed by atoms with Crippen molar-refractivity contribution in [1.82, 2.24) is 0 Å². The van der Waals surface area contributed by atoms with Crippen molar-refractivity contribution in [3.63, 3.8) is 0 Å². The fourth-order valence-corrected chi connectivity index (χ4v) is 3.65. The van der Waals surface area contributed by atoms with Gasteiger partial charge in [-0.05, 0) is 37.3 Å². The van der Waals surface area contributed by atoms with Crippen LogP contribution < -0.4 is 10.6 Å². The predicted molar refractivity (Wildman–Crippen MR) is 84.5 cm³/mol. The maximum absolute atomic E-state index is 6.15. The summed E-state index contributed by atoms with van der Waals surface area (Å²) in [6.07, 6.45) is 4.22. The van der Waals surface area contributed by atoms with Crippen LogP contribution in [0.5, 0.6) is 0 Å². The minimum atomic E-state index is 0.0348. The molecule has 0 aliphatic carbocycles. The molecule has 0 amide bonds. The Kier molecular flexibility index (Phi) is 4.48. The molecule has 1 aromatic carbocycles. The topological polar surface area (TPSA) is 47.7 Å². The second-order valence-electron chi connectivity index (χ2n) is 6.23. The third-order valence-electron chi connectivity index (χ3n) is 5.01. The third kappa shape index (κ3) is 3.07. The lowest BCUT2D eigenvalue weighted by molar-refractivity contribution is -0.137. The number of ether oxygens (including phenoxy) is 2. The molecule has 1 spiro atoms. The molecular weight excluding hydrogens is 264 g/mol. The van der Waals surface area contributed by atoms with Gasteiger partial charge in [-0.25, -0.2) is 0 Å². The maximum atomic E-state index is 6.15. The Bertz CT molecular complexity index is 466. The number of para-hydroxylation sites is 1. The Hall–Kier alpha value is -1.10. The summed E-state index contributed by atoms with van der Waals surface area (Å²) < 4.78 is 11.7. The van der Waals surface area contributed by atoms with E-state index in [1.165, 1.54) is 11.3 Å². The van der Waals surface area contributed by atoms with Crippen molar-refractivity contribution < 1.29 is 9.47 Å².